The van der Waals surface area contributed by atoms with Gasteiger partial charge in [0.1, 0.15) is 0 Å². The van der Waals surface area contributed by atoms with E-state index in [-0.39, 0.29) is 0 Å². The maximum atomic E-state index is 8.71. The van der Waals surface area contributed by atoms with E-state index in [0.717, 1.165) is 10.0 Å². The summed E-state index contributed by atoms with van der Waals surface area (Å²) in [7, 11) is 0. The Balaban J connectivity index is 3.29. The molecule has 68 valence electrons. The third-order valence-electron chi connectivity index (χ3n) is 1.79. The second kappa shape index (κ2) is 3.49. The summed E-state index contributed by atoms with van der Waals surface area (Å²) in [5, 5.41) is 8.71. The van der Waals surface area contributed by atoms with Crippen molar-refractivity contribution in [2.24, 2.45) is 5.73 Å². The van der Waals surface area contributed by atoms with Crippen LogP contribution >= 0.6 is 15.9 Å². The van der Waals surface area contributed by atoms with Gasteiger partial charge in [0.15, 0.2) is 0 Å². The SMILES string of the molecule is CC(C)(N)c1cc(C#N)ccc1Br. The van der Waals surface area contributed by atoms with Crippen LogP contribution in [0, 0.1) is 11.3 Å². The van der Waals surface area contributed by atoms with Gasteiger partial charge in [-0.15, -0.1) is 0 Å². The lowest BCUT2D eigenvalue weighted by Gasteiger charge is -2.20. The van der Waals surface area contributed by atoms with E-state index in [1.165, 1.54) is 0 Å². The van der Waals surface area contributed by atoms with Gasteiger partial charge in [-0.05, 0) is 37.6 Å². The first-order valence-electron chi connectivity index (χ1n) is 3.94. The lowest BCUT2D eigenvalue weighted by molar-refractivity contribution is 0.551. The summed E-state index contributed by atoms with van der Waals surface area (Å²) >= 11 is 3.41. The van der Waals surface area contributed by atoms with E-state index in [2.05, 4.69) is 22.0 Å². The van der Waals surface area contributed by atoms with Crippen LogP contribution in [0.5, 0.6) is 0 Å². The van der Waals surface area contributed by atoms with Crippen molar-refractivity contribution in [3.63, 3.8) is 0 Å². The van der Waals surface area contributed by atoms with Gasteiger partial charge >= 0.3 is 0 Å². The number of nitriles is 1. The Hall–Kier alpha value is -0.850. The quantitative estimate of drug-likeness (QED) is 0.818. The molecule has 0 bridgehead atoms. The van der Waals surface area contributed by atoms with Gasteiger partial charge in [0.05, 0.1) is 11.6 Å². The van der Waals surface area contributed by atoms with Gasteiger partial charge in [0.25, 0.3) is 0 Å². The zero-order valence-corrected chi connectivity index (χ0v) is 9.22. The summed E-state index contributed by atoms with van der Waals surface area (Å²) in [6.45, 7) is 3.82. The van der Waals surface area contributed by atoms with E-state index < -0.39 is 5.54 Å². The van der Waals surface area contributed by atoms with Crippen LogP contribution in [-0.2, 0) is 5.54 Å². The molecule has 1 rings (SSSR count). The topological polar surface area (TPSA) is 49.8 Å². The molecule has 1 aromatic rings. The van der Waals surface area contributed by atoms with Gasteiger partial charge in [-0.2, -0.15) is 5.26 Å². The Morgan fingerprint density at radius 1 is 1.46 bits per heavy atom. The summed E-state index contributed by atoms with van der Waals surface area (Å²) < 4.78 is 0.944. The second-order valence-corrected chi connectivity index (χ2v) is 4.38. The molecule has 2 N–H and O–H groups in total. The Labute approximate surface area is 86.5 Å². The van der Waals surface area contributed by atoms with Crippen LogP contribution in [0.2, 0.25) is 0 Å². The zero-order chi connectivity index (χ0) is 10.1. The van der Waals surface area contributed by atoms with Gasteiger partial charge in [0, 0.05) is 10.0 Å². The molecule has 13 heavy (non-hydrogen) atoms. The second-order valence-electron chi connectivity index (χ2n) is 3.53. The molecule has 0 amide bonds. The fraction of sp³-hybridized carbons (Fsp3) is 0.300. The third kappa shape index (κ3) is 2.30. The molecule has 0 atom stereocenters. The molecule has 0 heterocycles. The van der Waals surface area contributed by atoms with Crippen molar-refractivity contribution >= 4 is 15.9 Å². The fourth-order valence-corrected chi connectivity index (χ4v) is 1.85. The third-order valence-corrected chi connectivity index (χ3v) is 2.48. The molecule has 0 saturated heterocycles. The number of rotatable bonds is 1. The summed E-state index contributed by atoms with van der Waals surface area (Å²) in [6, 6.07) is 7.51. The van der Waals surface area contributed by atoms with Crippen molar-refractivity contribution < 1.29 is 0 Å². The summed E-state index contributed by atoms with van der Waals surface area (Å²) in [5.41, 5.74) is 7.10. The van der Waals surface area contributed by atoms with Crippen LogP contribution in [0.3, 0.4) is 0 Å². The largest absolute Gasteiger partial charge is 0.322 e. The molecule has 3 heteroatoms. The van der Waals surface area contributed by atoms with Crippen molar-refractivity contribution in [2.75, 3.05) is 0 Å². The highest BCUT2D eigenvalue weighted by Gasteiger charge is 2.17. The summed E-state index contributed by atoms with van der Waals surface area (Å²) in [5.74, 6) is 0. The highest BCUT2D eigenvalue weighted by molar-refractivity contribution is 9.10. The normalized spacial score (nSPS) is 11.0. The van der Waals surface area contributed by atoms with Gasteiger partial charge in [-0.1, -0.05) is 15.9 Å². The molecule has 0 spiro atoms. The predicted octanol–water partition coefficient (Wildman–Crippen LogP) is 2.51. The van der Waals surface area contributed by atoms with Crippen molar-refractivity contribution in [2.45, 2.75) is 19.4 Å². The predicted molar refractivity (Wildman–Crippen MR) is 56.1 cm³/mol. The first-order chi connectivity index (χ1) is 5.95. The zero-order valence-electron chi connectivity index (χ0n) is 7.63. The van der Waals surface area contributed by atoms with Crippen LogP contribution in [-0.4, -0.2) is 0 Å². The molecule has 1 aromatic carbocycles. The fourth-order valence-electron chi connectivity index (χ4n) is 1.09. The average molecular weight is 239 g/mol. The number of benzene rings is 1. The number of nitrogens with zero attached hydrogens (tertiary/aromatic N) is 1. The molecule has 0 aromatic heterocycles. The van der Waals surface area contributed by atoms with E-state index in [0.29, 0.717) is 5.56 Å². The maximum Gasteiger partial charge on any atom is 0.0991 e. The minimum absolute atomic E-state index is 0.425. The lowest BCUT2D eigenvalue weighted by atomic mass is 9.94. The standard InChI is InChI=1S/C10H11BrN2/c1-10(2,13)8-5-7(6-12)3-4-9(8)11/h3-5H,13H2,1-2H3. The molecule has 0 aliphatic carbocycles. The molecule has 0 unspecified atom stereocenters. The molecule has 2 nitrogen and oxygen atoms in total. The van der Waals surface area contributed by atoms with E-state index in [4.69, 9.17) is 11.0 Å². The molecule has 0 saturated carbocycles. The summed E-state index contributed by atoms with van der Waals surface area (Å²) in [6.07, 6.45) is 0. The Morgan fingerprint density at radius 2 is 2.08 bits per heavy atom. The average Bonchev–Trinajstić information content (AvgIpc) is 2.03. The molecule has 0 radical (unpaired) electrons. The monoisotopic (exact) mass is 238 g/mol. The number of hydrogen-bond donors (Lipinski definition) is 1. The number of halogens is 1. The van der Waals surface area contributed by atoms with Crippen molar-refractivity contribution in [1.82, 2.24) is 0 Å². The Bertz CT molecular complexity index is 358. The molecule has 0 aliphatic heterocycles. The van der Waals surface area contributed by atoms with Crippen LogP contribution < -0.4 is 5.73 Å². The van der Waals surface area contributed by atoms with Crippen LogP contribution in [0.25, 0.3) is 0 Å². The smallest absolute Gasteiger partial charge is 0.0991 e. The number of nitrogens with two attached hydrogens (primary N) is 1. The van der Waals surface area contributed by atoms with E-state index in [9.17, 15) is 0 Å². The molecular weight excluding hydrogens is 228 g/mol. The minimum atomic E-state index is -0.425. The van der Waals surface area contributed by atoms with Crippen LogP contribution in [0.1, 0.15) is 25.0 Å². The minimum Gasteiger partial charge on any atom is -0.322 e. The van der Waals surface area contributed by atoms with E-state index in [1.807, 2.05) is 26.0 Å². The maximum absolute atomic E-state index is 8.71. The lowest BCUT2D eigenvalue weighted by Crippen LogP contribution is -2.29. The van der Waals surface area contributed by atoms with Gasteiger partial charge < -0.3 is 5.73 Å². The highest BCUT2D eigenvalue weighted by atomic mass is 79.9. The molecular formula is C10H11BrN2. The van der Waals surface area contributed by atoms with Crippen molar-refractivity contribution in [3.8, 4) is 6.07 Å². The summed E-state index contributed by atoms with van der Waals surface area (Å²) in [4.78, 5) is 0. The van der Waals surface area contributed by atoms with Gasteiger partial charge in [-0.3, -0.25) is 0 Å². The van der Waals surface area contributed by atoms with Crippen LogP contribution in [0.4, 0.5) is 0 Å². The Kier molecular flexibility index (Phi) is 2.74. The van der Waals surface area contributed by atoms with Gasteiger partial charge in [-0.25, -0.2) is 0 Å². The number of hydrogen-bond acceptors (Lipinski definition) is 2. The van der Waals surface area contributed by atoms with Crippen LogP contribution in [0.15, 0.2) is 22.7 Å². The van der Waals surface area contributed by atoms with Crippen molar-refractivity contribution in [3.05, 3.63) is 33.8 Å². The first kappa shape index (κ1) is 10.2. The van der Waals surface area contributed by atoms with E-state index in [1.54, 1.807) is 6.07 Å². The molecule has 0 fully saturated rings. The van der Waals surface area contributed by atoms with Crippen molar-refractivity contribution in [1.29, 1.82) is 5.26 Å². The molecule has 0 aliphatic rings. The van der Waals surface area contributed by atoms with E-state index >= 15 is 0 Å². The van der Waals surface area contributed by atoms with Gasteiger partial charge in [0.2, 0.25) is 0 Å². The first-order valence-corrected chi connectivity index (χ1v) is 4.73. The highest BCUT2D eigenvalue weighted by Crippen LogP contribution is 2.26. The Morgan fingerprint density at radius 3 is 2.54 bits per heavy atom.